The van der Waals surface area contributed by atoms with Crippen LogP contribution in [-0.2, 0) is 4.79 Å². The van der Waals surface area contributed by atoms with E-state index in [4.69, 9.17) is 4.74 Å². The summed E-state index contributed by atoms with van der Waals surface area (Å²) in [5.41, 5.74) is -0.279. The molecule has 0 aliphatic carbocycles. The van der Waals surface area contributed by atoms with Crippen LogP contribution in [0.1, 0.15) is 36.5 Å². The SMILES string of the molecule is CCC1(C(=O)O)CCCN(C(=O)c2cccc(OC)c2)C1. The third-order valence-corrected chi connectivity index (χ3v) is 4.31. The standard InChI is InChI=1S/C16H21NO4/c1-3-16(15(19)20)8-5-9-17(11-16)14(18)12-6-4-7-13(10-12)21-2/h4,6-7,10H,3,5,8-9,11H2,1-2H3,(H,19,20). The molecular formula is C16H21NO4. The Morgan fingerprint density at radius 2 is 2.19 bits per heavy atom. The molecule has 1 fully saturated rings. The van der Waals surface area contributed by atoms with Crippen molar-refractivity contribution in [2.75, 3.05) is 20.2 Å². The lowest BCUT2D eigenvalue weighted by atomic mass is 9.77. The van der Waals surface area contributed by atoms with E-state index < -0.39 is 11.4 Å². The number of aliphatic carboxylic acids is 1. The molecule has 2 rings (SSSR count). The topological polar surface area (TPSA) is 66.8 Å². The molecule has 1 aromatic carbocycles. The normalized spacial score (nSPS) is 21.9. The number of ether oxygens (including phenoxy) is 1. The second-order valence-electron chi connectivity index (χ2n) is 5.50. The predicted octanol–water partition coefficient (Wildman–Crippen LogP) is 2.41. The van der Waals surface area contributed by atoms with Crippen molar-refractivity contribution in [3.63, 3.8) is 0 Å². The zero-order chi connectivity index (χ0) is 15.5. The summed E-state index contributed by atoms with van der Waals surface area (Å²) in [6, 6.07) is 6.96. The maximum absolute atomic E-state index is 12.6. The highest BCUT2D eigenvalue weighted by Crippen LogP contribution is 2.34. The number of carboxylic acid groups (broad SMARTS) is 1. The highest BCUT2D eigenvalue weighted by Gasteiger charge is 2.42. The largest absolute Gasteiger partial charge is 0.497 e. The van der Waals surface area contributed by atoms with E-state index in [1.165, 1.54) is 0 Å². The lowest BCUT2D eigenvalue weighted by molar-refractivity contribution is -0.152. The van der Waals surface area contributed by atoms with Gasteiger partial charge in [-0.05, 0) is 37.5 Å². The molecule has 1 aliphatic heterocycles. The van der Waals surface area contributed by atoms with E-state index >= 15 is 0 Å². The second kappa shape index (κ2) is 6.16. The van der Waals surface area contributed by atoms with Gasteiger partial charge in [-0.3, -0.25) is 9.59 Å². The Morgan fingerprint density at radius 1 is 1.43 bits per heavy atom. The molecule has 1 amide bonds. The first-order valence-electron chi connectivity index (χ1n) is 7.19. The van der Waals surface area contributed by atoms with Crippen molar-refractivity contribution in [3.05, 3.63) is 29.8 Å². The van der Waals surface area contributed by atoms with Crippen LogP contribution in [0.2, 0.25) is 0 Å². The molecule has 0 radical (unpaired) electrons. The van der Waals surface area contributed by atoms with Crippen LogP contribution in [0.3, 0.4) is 0 Å². The number of piperidine rings is 1. The van der Waals surface area contributed by atoms with Crippen molar-refractivity contribution in [1.29, 1.82) is 0 Å². The molecule has 21 heavy (non-hydrogen) atoms. The van der Waals surface area contributed by atoms with E-state index in [2.05, 4.69) is 0 Å². The number of carbonyl (C=O) groups excluding carboxylic acids is 1. The van der Waals surface area contributed by atoms with Gasteiger partial charge in [0.1, 0.15) is 5.75 Å². The maximum Gasteiger partial charge on any atom is 0.311 e. The highest BCUT2D eigenvalue weighted by molar-refractivity contribution is 5.95. The molecule has 0 spiro atoms. The van der Waals surface area contributed by atoms with E-state index in [9.17, 15) is 14.7 Å². The first-order chi connectivity index (χ1) is 10.0. The molecule has 5 heteroatoms. The van der Waals surface area contributed by atoms with Gasteiger partial charge in [-0.15, -0.1) is 0 Å². The molecule has 1 saturated heterocycles. The van der Waals surface area contributed by atoms with Crippen LogP contribution in [0.15, 0.2) is 24.3 Å². The van der Waals surface area contributed by atoms with Gasteiger partial charge in [-0.1, -0.05) is 13.0 Å². The molecule has 1 heterocycles. The molecule has 1 N–H and O–H groups in total. The highest BCUT2D eigenvalue weighted by atomic mass is 16.5. The number of nitrogens with zero attached hydrogens (tertiary/aromatic N) is 1. The van der Waals surface area contributed by atoms with E-state index in [1.54, 1.807) is 36.3 Å². The summed E-state index contributed by atoms with van der Waals surface area (Å²) in [7, 11) is 1.55. The number of benzene rings is 1. The Balaban J connectivity index is 2.20. The van der Waals surface area contributed by atoms with E-state index in [1.807, 2.05) is 6.92 Å². The molecule has 114 valence electrons. The lowest BCUT2D eigenvalue weighted by Gasteiger charge is -2.39. The van der Waals surface area contributed by atoms with Crippen LogP contribution in [-0.4, -0.2) is 42.1 Å². The van der Waals surface area contributed by atoms with E-state index in [0.29, 0.717) is 30.7 Å². The number of rotatable bonds is 4. The second-order valence-corrected chi connectivity index (χ2v) is 5.50. The predicted molar refractivity (Wildman–Crippen MR) is 78.5 cm³/mol. The van der Waals surface area contributed by atoms with E-state index in [0.717, 1.165) is 6.42 Å². The van der Waals surface area contributed by atoms with Crippen LogP contribution in [0.4, 0.5) is 0 Å². The Hall–Kier alpha value is -2.04. The van der Waals surface area contributed by atoms with Crippen molar-refractivity contribution in [3.8, 4) is 5.75 Å². The molecule has 0 saturated carbocycles. The van der Waals surface area contributed by atoms with Gasteiger partial charge < -0.3 is 14.7 Å². The smallest absolute Gasteiger partial charge is 0.311 e. The number of likely N-dealkylation sites (tertiary alicyclic amines) is 1. The number of carboxylic acids is 1. The average Bonchev–Trinajstić information content (AvgIpc) is 2.54. The van der Waals surface area contributed by atoms with Crippen LogP contribution in [0.5, 0.6) is 5.75 Å². The van der Waals surface area contributed by atoms with Gasteiger partial charge in [0.15, 0.2) is 0 Å². The summed E-state index contributed by atoms with van der Waals surface area (Å²) < 4.78 is 5.13. The van der Waals surface area contributed by atoms with Gasteiger partial charge >= 0.3 is 5.97 Å². The van der Waals surface area contributed by atoms with Gasteiger partial charge in [0.25, 0.3) is 5.91 Å². The lowest BCUT2D eigenvalue weighted by Crippen LogP contribution is -2.49. The fourth-order valence-corrected chi connectivity index (χ4v) is 2.86. The summed E-state index contributed by atoms with van der Waals surface area (Å²) in [6.07, 6.45) is 1.88. The summed E-state index contributed by atoms with van der Waals surface area (Å²) in [4.78, 5) is 25.8. The summed E-state index contributed by atoms with van der Waals surface area (Å²) in [5, 5.41) is 9.48. The Bertz CT molecular complexity index is 543. The molecule has 0 bridgehead atoms. The minimum Gasteiger partial charge on any atom is -0.497 e. The first kappa shape index (κ1) is 15.4. The number of carbonyl (C=O) groups is 2. The van der Waals surface area contributed by atoms with Gasteiger partial charge in [0.05, 0.1) is 12.5 Å². The molecule has 1 aromatic rings. The number of amides is 1. The summed E-state index contributed by atoms with van der Waals surface area (Å²) >= 11 is 0. The fraction of sp³-hybridized carbons (Fsp3) is 0.500. The number of methoxy groups -OCH3 is 1. The van der Waals surface area contributed by atoms with Crippen LogP contribution < -0.4 is 4.74 Å². The van der Waals surface area contributed by atoms with Gasteiger partial charge in [-0.2, -0.15) is 0 Å². The fourth-order valence-electron chi connectivity index (χ4n) is 2.86. The first-order valence-corrected chi connectivity index (χ1v) is 7.19. The van der Waals surface area contributed by atoms with Gasteiger partial charge in [0.2, 0.25) is 0 Å². The molecule has 1 atom stereocenters. The monoisotopic (exact) mass is 291 g/mol. The minimum atomic E-state index is -0.813. The summed E-state index contributed by atoms with van der Waals surface area (Å²) in [5.74, 6) is -0.321. The molecule has 0 aromatic heterocycles. The van der Waals surface area contributed by atoms with Crippen molar-refractivity contribution in [2.24, 2.45) is 5.41 Å². The maximum atomic E-state index is 12.6. The summed E-state index contributed by atoms with van der Waals surface area (Å²) in [6.45, 7) is 2.74. The van der Waals surface area contributed by atoms with Crippen molar-refractivity contribution < 1.29 is 19.4 Å². The molecular weight excluding hydrogens is 270 g/mol. The number of hydrogen-bond acceptors (Lipinski definition) is 3. The molecule has 1 unspecified atom stereocenters. The van der Waals surface area contributed by atoms with Gasteiger partial charge in [-0.25, -0.2) is 0 Å². The van der Waals surface area contributed by atoms with E-state index in [-0.39, 0.29) is 12.5 Å². The Kier molecular flexibility index (Phi) is 4.50. The van der Waals surface area contributed by atoms with Crippen LogP contribution in [0.25, 0.3) is 0 Å². The Morgan fingerprint density at radius 3 is 2.81 bits per heavy atom. The Labute approximate surface area is 124 Å². The zero-order valence-electron chi connectivity index (χ0n) is 12.5. The zero-order valence-corrected chi connectivity index (χ0v) is 12.5. The van der Waals surface area contributed by atoms with Gasteiger partial charge in [0, 0.05) is 18.7 Å². The average molecular weight is 291 g/mol. The molecule has 1 aliphatic rings. The van der Waals surface area contributed by atoms with Crippen molar-refractivity contribution >= 4 is 11.9 Å². The van der Waals surface area contributed by atoms with Crippen molar-refractivity contribution in [1.82, 2.24) is 4.90 Å². The molecule has 5 nitrogen and oxygen atoms in total. The van der Waals surface area contributed by atoms with Crippen LogP contribution >= 0.6 is 0 Å². The van der Waals surface area contributed by atoms with Crippen LogP contribution in [0, 0.1) is 5.41 Å². The third-order valence-electron chi connectivity index (χ3n) is 4.31. The minimum absolute atomic E-state index is 0.132. The number of hydrogen-bond donors (Lipinski definition) is 1. The van der Waals surface area contributed by atoms with Crippen molar-refractivity contribution in [2.45, 2.75) is 26.2 Å². The third kappa shape index (κ3) is 3.01. The quantitative estimate of drug-likeness (QED) is 0.925.